The monoisotopic (exact) mass is 263 g/mol. The molecule has 98 valence electrons. The summed E-state index contributed by atoms with van der Waals surface area (Å²) in [7, 11) is 0. The third-order valence-electron chi connectivity index (χ3n) is 3.90. The van der Waals surface area contributed by atoms with Crippen molar-refractivity contribution in [2.45, 2.75) is 12.6 Å². The molecule has 0 radical (unpaired) electrons. The zero-order valence-corrected chi connectivity index (χ0v) is 11.0. The van der Waals surface area contributed by atoms with Gasteiger partial charge in [0.2, 0.25) is 5.72 Å². The standard InChI is InChI=1S/C16H13N3O/c1-11-15(12-7-3-2-4-8-12)16(11,20)19-14-10-6-5-9-13(14)17-18-19/h2-10,20H,1H3. The minimum atomic E-state index is -1.14. The van der Waals surface area contributed by atoms with E-state index >= 15 is 0 Å². The van der Waals surface area contributed by atoms with E-state index in [2.05, 4.69) is 10.3 Å². The van der Waals surface area contributed by atoms with Crippen LogP contribution in [-0.4, -0.2) is 20.1 Å². The predicted molar refractivity (Wildman–Crippen MR) is 76.8 cm³/mol. The van der Waals surface area contributed by atoms with Crippen molar-refractivity contribution in [3.8, 4) is 0 Å². The molecule has 1 heterocycles. The Hall–Kier alpha value is -2.46. The van der Waals surface area contributed by atoms with E-state index in [0.717, 1.165) is 27.7 Å². The van der Waals surface area contributed by atoms with Gasteiger partial charge in [0.05, 0.1) is 5.52 Å². The van der Waals surface area contributed by atoms with Crippen molar-refractivity contribution in [1.82, 2.24) is 15.0 Å². The number of fused-ring (bicyclic) bond motifs is 1. The fraction of sp³-hybridized carbons (Fsp3) is 0.125. The summed E-state index contributed by atoms with van der Waals surface area (Å²) >= 11 is 0. The molecule has 20 heavy (non-hydrogen) atoms. The van der Waals surface area contributed by atoms with E-state index in [1.807, 2.05) is 61.5 Å². The van der Waals surface area contributed by atoms with Crippen LogP contribution in [0.2, 0.25) is 0 Å². The quantitative estimate of drug-likeness (QED) is 0.773. The van der Waals surface area contributed by atoms with Gasteiger partial charge in [-0.15, -0.1) is 5.10 Å². The van der Waals surface area contributed by atoms with Gasteiger partial charge in [0, 0.05) is 5.57 Å². The second kappa shape index (κ2) is 3.77. The molecule has 1 unspecified atom stereocenters. The number of aliphatic hydroxyl groups is 1. The molecule has 2 aromatic carbocycles. The first-order chi connectivity index (χ1) is 9.73. The van der Waals surface area contributed by atoms with Crippen molar-refractivity contribution in [2.75, 3.05) is 0 Å². The Morgan fingerprint density at radius 2 is 1.70 bits per heavy atom. The number of hydrogen-bond acceptors (Lipinski definition) is 3. The molecule has 4 heteroatoms. The van der Waals surface area contributed by atoms with E-state index in [0.29, 0.717) is 0 Å². The van der Waals surface area contributed by atoms with Crippen LogP contribution >= 0.6 is 0 Å². The highest BCUT2D eigenvalue weighted by Crippen LogP contribution is 2.54. The maximum Gasteiger partial charge on any atom is 0.210 e. The molecular formula is C16H13N3O. The molecule has 0 saturated carbocycles. The van der Waals surface area contributed by atoms with Crippen LogP contribution in [0, 0.1) is 0 Å². The molecular weight excluding hydrogens is 250 g/mol. The minimum absolute atomic E-state index is 0.785. The number of aromatic nitrogens is 3. The molecule has 0 aliphatic heterocycles. The fourth-order valence-corrected chi connectivity index (χ4v) is 2.78. The minimum Gasteiger partial charge on any atom is -0.362 e. The van der Waals surface area contributed by atoms with Gasteiger partial charge in [0.15, 0.2) is 0 Å². The zero-order chi connectivity index (χ0) is 13.7. The fourth-order valence-electron chi connectivity index (χ4n) is 2.78. The molecule has 0 saturated heterocycles. The third-order valence-corrected chi connectivity index (χ3v) is 3.90. The molecule has 1 aliphatic carbocycles. The van der Waals surface area contributed by atoms with E-state index in [1.54, 1.807) is 4.68 Å². The molecule has 0 fully saturated rings. The van der Waals surface area contributed by atoms with E-state index < -0.39 is 5.72 Å². The number of hydrogen-bond donors (Lipinski definition) is 1. The van der Waals surface area contributed by atoms with Gasteiger partial charge >= 0.3 is 0 Å². The van der Waals surface area contributed by atoms with Crippen molar-refractivity contribution in [2.24, 2.45) is 0 Å². The highest BCUT2D eigenvalue weighted by atomic mass is 16.3. The number of nitrogens with zero attached hydrogens (tertiary/aromatic N) is 3. The Kier molecular flexibility index (Phi) is 2.15. The van der Waals surface area contributed by atoms with Gasteiger partial charge in [0.1, 0.15) is 5.52 Å². The van der Waals surface area contributed by atoms with Gasteiger partial charge in [-0.25, -0.2) is 4.68 Å². The largest absolute Gasteiger partial charge is 0.362 e. The van der Waals surface area contributed by atoms with Crippen molar-refractivity contribution in [3.05, 3.63) is 65.7 Å². The SMILES string of the molecule is CC1=C(c2ccccc2)C1(O)n1nnc2ccccc21. The topological polar surface area (TPSA) is 50.9 Å². The van der Waals surface area contributed by atoms with E-state index in [-0.39, 0.29) is 0 Å². The average molecular weight is 263 g/mol. The van der Waals surface area contributed by atoms with Gasteiger partial charge in [-0.1, -0.05) is 47.7 Å². The summed E-state index contributed by atoms with van der Waals surface area (Å²) in [5, 5.41) is 19.2. The van der Waals surface area contributed by atoms with Crippen molar-refractivity contribution in [1.29, 1.82) is 0 Å². The lowest BCUT2D eigenvalue weighted by atomic mass is 10.1. The summed E-state index contributed by atoms with van der Waals surface area (Å²) in [4.78, 5) is 0. The molecule has 1 aliphatic rings. The summed E-state index contributed by atoms with van der Waals surface area (Å²) in [6.07, 6.45) is 0. The van der Waals surface area contributed by atoms with Crippen LogP contribution in [0.4, 0.5) is 0 Å². The summed E-state index contributed by atoms with van der Waals surface area (Å²) in [6, 6.07) is 17.5. The lowest BCUT2D eigenvalue weighted by Gasteiger charge is -2.14. The summed E-state index contributed by atoms with van der Waals surface area (Å²) in [5.41, 5.74) is 3.32. The maximum atomic E-state index is 11.0. The molecule has 0 spiro atoms. The number of benzene rings is 2. The molecule has 4 nitrogen and oxygen atoms in total. The zero-order valence-electron chi connectivity index (χ0n) is 11.0. The highest BCUT2D eigenvalue weighted by Gasteiger charge is 2.53. The second-order valence-corrected chi connectivity index (χ2v) is 5.03. The average Bonchev–Trinajstić information content (AvgIpc) is 2.87. The number of para-hydroxylation sites is 1. The van der Waals surface area contributed by atoms with Gasteiger partial charge in [-0.05, 0) is 30.2 Å². The van der Waals surface area contributed by atoms with Crippen LogP contribution in [0.1, 0.15) is 12.5 Å². The van der Waals surface area contributed by atoms with E-state index in [1.165, 1.54) is 0 Å². The molecule has 0 amide bonds. The van der Waals surface area contributed by atoms with Gasteiger partial charge in [-0.2, -0.15) is 0 Å². The molecule has 1 atom stereocenters. The molecule has 0 bridgehead atoms. The Bertz CT molecular complexity index is 835. The van der Waals surface area contributed by atoms with Crippen LogP contribution in [0.25, 0.3) is 16.6 Å². The first-order valence-electron chi connectivity index (χ1n) is 6.53. The Morgan fingerprint density at radius 1 is 1.00 bits per heavy atom. The Morgan fingerprint density at radius 3 is 2.50 bits per heavy atom. The lowest BCUT2D eigenvalue weighted by Crippen LogP contribution is -2.23. The highest BCUT2D eigenvalue weighted by molar-refractivity contribution is 5.91. The number of rotatable bonds is 2. The van der Waals surface area contributed by atoms with Crippen molar-refractivity contribution in [3.63, 3.8) is 0 Å². The first kappa shape index (κ1) is 11.4. The smallest absolute Gasteiger partial charge is 0.210 e. The molecule has 3 aromatic rings. The Labute approximate surface area is 116 Å². The summed E-state index contributed by atoms with van der Waals surface area (Å²) in [5.74, 6) is 0. The lowest BCUT2D eigenvalue weighted by molar-refractivity contribution is 0.0905. The Balaban J connectivity index is 1.85. The molecule has 1 N–H and O–H groups in total. The maximum absolute atomic E-state index is 11.0. The van der Waals surface area contributed by atoms with Gasteiger partial charge in [0.25, 0.3) is 0 Å². The van der Waals surface area contributed by atoms with Crippen LogP contribution in [0.15, 0.2) is 60.2 Å². The van der Waals surface area contributed by atoms with Crippen LogP contribution in [0.3, 0.4) is 0 Å². The summed E-state index contributed by atoms with van der Waals surface area (Å²) < 4.78 is 1.60. The molecule has 4 rings (SSSR count). The van der Waals surface area contributed by atoms with E-state index in [9.17, 15) is 5.11 Å². The van der Waals surface area contributed by atoms with Crippen LogP contribution in [0.5, 0.6) is 0 Å². The normalized spacial score (nSPS) is 21.5. The van der Waals surface area contributed by atoms with Crippen LogP contribution < -0.4 is 0 Å². The third kappa shape index (κ3) is 1.34. The van der Waals surface area contributed by atoms with Crippen molar-refractivity contribution < 1.29 is 5.11 Å². The van der Waals surface area contributed by atoms with Gasteiger partial charge in [-0.3, -0.25) is 0 Å². The predicted octanol–water partition coefficient (Wildman–Crippen LogP) is 2.56. The van der Waals surface area contributed by atoms with E-state index in [4.69, 9.17) is 0 Å². The molecule has 1 aromatic heterocycles. The van der Waals surface area contributed by atoms with Crippen LogP contribution in [-0.2, 0) is 5.72 Å². The first-order valence-corrected chi connectivity index (χ1v) is 6.53. The van der Waals surface area contributed by atoms with Crippen molar-refractivity contribution >= 4 is 16.6 Å². The summed E-state index contributed by atoms with van der Waals surface area (Å²) in [6.45, 7) is 1.93. The van der Waals surface area contributed by atoms with Gasteiger partial charge < -0.3 is 5.11 Å². The second-order valence-electron chi connectivity index (χ2n) is 5.03.